The molecule has 1 fully saturated rings. The van der Waals surface area contributed by atoms with Crippen molar-refractivity contribution in [2.45, 2.75) is 6.18 Å². The first-order valence-corrected chi connectivity index (χ1v) is 8.01. The molecule has 0 spiro atoms. The van der Waals surface area contributed by atoms with Crippen LogP contribution in [-0.2, 0) is 9.59 Å². The van der Waals surface area contributed by atoms with E-state index in [1.54, 1.807) is 5.32 Å². The molecule has 24 heavy (non-hydrogen) atoms. The van der Waals surface area contributed by atoms with Gasteiger partial charge in [0.25, 0.3) is 5.91 Å². The van der Waals surface area contributed by atoms with Gasteiger partial charge in [-0.05, 0) is 12.1 Å². The Balaban J connectivity index is 2.01. The van der Waals surface area contributed by atoms with Gasteiger partial charge in [0, 0.05) is 0 Å². The maximum Gasteiger partial charge on any atom is 0.405 e. The monoisotopic (exact) mass is 361 g/mol. The maximum absolute atomic E-state index is 12.2. The summed E-state index contributed by atoms with van der Waals surface area (Å²) in [6.45, 7) is -1.64. The minimum Gasteiger partial charge on any atom is -0.343 e. The number of hydrogen-bond acceptors (Lipinski definition) is 4. The van der Waals surface area contributed by atoms with Crippen molar-refractivity contribution in [3.63, 3.8) is 0 Å². The molecule has 130 valence electrons. The average molecular weight is 361 g/mol. The van der Waals surface area contributed by atoms with Gasteiger partial charge in [-0.15, -0.1) is 11.8 Å². The molecule has 0 radical (unpaired) electrons. The van der Waals surface area contributed by atoms with Crippen LogP contribution in [0.5, 0.6) is 0 Å². The summed E-state index contributed by atoms with van der Waals surface area (Å²) in [4.78, 5) is 36.7. The van der Waals surface area contributed by atoms with E-state index in [1.165, 1.54) is 40.9 Å². The smallest absolute Gasteiger partial charge is 0.343 e. The van der Waals surface area contributed by atoms with E-state index >= 15 is 0 Å². The number of carbonyl (C=O) groups excluding carboxylic acids is 3. The Kier molecular flexibility index (Phi) is 5.71. The second kappa shape index (κ2) is 7.56. The second-order valence-corrected chi connectivity index (χ2v) is 5.92. The zero-order valence-corrected chi connectivity index (χ0v) is 13.2. The number of rotatable bonds is 5. The Hall–Kier alpha value is -2.23. The normalized spacial score (nSPS) is 14.6. The highest BCUT2D eigenvalue weighted by molar-refractivity contribution is 8.00. The summed E-state index contributed by atoms with van der Waals surface area (Å²) in [7, 11) is 0. The van der Waals surface area contributed by atoms with Gasteiger partial charge in [0.1, 0.15) is 13.1 Å². The number of benzene rings is 1. The summed E-state index contributed by atoms with van der Waals surface area (Å²) >= 11 is 1.38. The number of para-hydroxylation sites is 1. The Morgan fingerprint density at radius 2 is 1.96 bits per heavy atom. The summed E-state index contributed by atoms with van der Waals surface area (Å²) in [5.41, 5.74) is -0.00121. The molecule has 1 saturated heterocycles. The lowest BCUT2D eigenvalue weighted by atomic mass is 10.1. The first-order chi connectivity index (χ1) is 11.3. The summed E-state index contributed by atoms with van der Waals surface area (Å²) < 4.78 is 36.5. The molecule has 1 heterocycles. The first-order valence-electron chi connectivity index (χ1n) is 6.85. The van der Waals surface area contributed by atoms with Crippen molar-refractivity contribution in [2.75, 3.05) is 30.0 Å². The van der Waals surface area contributed by atoms with Gasteiger partial charge in [-0.2, -0.15) is 13.2 Å². The van der Waals surface area contributed by atoms with Gasteiger partial charge in [-0.25, -0.2) is 0 Å². The predicted molar refractivity (Wildman–Crippen MR) is 82.5 cm³/mol. The molecule has 2 rings (SSSR count). The van der Waals surface area contributed by atoms with Gasteiger partial charge in [0.15, 0.2) is 0 Å². The van der Waals surface area contributed by atoms with Crippen LogP contribution in [0.25, 0.3) is 0 Å². The van der Waals surface area contributed by atoms with Crippen LogP contribution in [0.1, 0.15) is 10.4 Å². The third-order valence-corrected chi connectivity index (χ3v) is 4.00. The number of amides is 3. The molecule has 10 heteroatoms. The molecule has 1 aromatic carbocycles. The average Bonchev–Trinajstić information content (AvgIpc) is 2.89. The van der Waals surface area contributed by atoms with Gasteiger partial charge < -0.3 is 15.5 Å². The standard InChI is InChI=1S/C14H14F3N3O3S/c15-14(16,17)7-18-13(23)9-3-1-2-4-10(9)19-11(21)5-20-8-24-6-12(20)22/h1-4H,5-8H2,(H,18,23)(H,19,21). The fraction of sp³-hybridized carbons (Fsp3) is 0.357. The highest BCUT2D eigenvalue weighted by Gasteiger charge is 2.28. The predicted octanol–water partition coefficient (Wildman–Crippen LogP) is 1.45. The molecule has 2 N–H and O–H groups in total. The Bertz CT molecular complexity index is 652. The number of carbonyl (C=O) groups is 3. The van der Waals surface area contributed by atoms with Gasteiger partial charge in [-0.3, -0.25) is 14.4 Å². The van der Waals surface area contributed by atoms with Crippen molar-refractivity contribution in [1.82, 2.24) is 10.2 Å². The molecule has 0 aromatic heterocycles. The molecular formula is C14H14F3N3O3S. The van der Waals surface area contributed by atoms with E-state index in [0.717, 1.165) is 0 Å². The summed E-state index contributed by atoms with van der Waals surface area (Å²) in [5.74, 6) is -0.923. The van der Waals surface area contributed by atoms with Gasteiger partial charge in [0.2, 0.25) is 11.8 Å². The van der Waals surface area contributed by atoms with Crippen LogP contribution in [0.15, 0.2) is 24.3 Å². The summed E-state index contributed by atoms with van der Waals surface area (Å²) in [6.07, 6.45) is -4.53. The molecular weight excluding hydrogens is 347 g/mol. The molecule has 1 aromatic rings. The van der Waals surface area contributed by atoms with Crippen LogP contribution in [0.2, 0.25) is 0 Å². The minimum absolute atomic E-state index is 0.0847. The number of anilines is 1. The second-order valence-electron chi connectivity index (χ2n) is 4.96. The molecule has 0 unspecified atom stereocenters. The topological polar surface area (TPSA) is 78.5 Å². The third-order valence-electron chi connectivity index (χ3n) is 3.06. The molecule has 1 aliphatic heterocycles. The Labute approximate surface area is 139 Å². The molecule has 1 aliphatic rings. The van der Waals surface area contributed by atoms with Crippen molar-refractivity contribution >= 4 is 35.2 Å². The van der Waals surface area contributed by atoms with Crippen molar-refractivity contribution in [3.05, 3.63) is 29.8 Å². The first kappa shape index (κ1) is 18.1. The van der Waals surface area contributed by atoms with Crippen LogP contribution < -0.4 is 10.6 Å². The molecule has 0 atom stereocenters. The lowest BCUT2D eigenvalue weighted by Crippen LogP contribution is -2.36. The minimum atomic E-state index is -4.53. The van der Waals surface area contributed by atoms with Crippen LogP contribution >= 0.6 is 11.8 Å². The molecule has 0 aliphatic carbocycles. The van der Waals surface area contributed by atoms with E-state index in [9.17, 15) is 27.6 Å². The Morgan fingerprint density at radius 3 is 2.58 bits per heavy atom. The zero-order chi connectivity index (χ0) is 17.7. The number of thioether (sulfide) groups is 1. The number of alkyl halides is 3. The van der Waals surface area contributed by atoms with Crippen molar-refractivity contribution < 1.29 is 27.6 Å². The lowest BCUT2D eigenvalue weighted by Gasteiger charge is -2.16. The van der Waals surface area contributed by atoms with Crippen molar-refractivity contribution in [2.24, 2.45) is 0 Å². The number of halogens is 3. The Morgan fingerprint density at radius 1 is 1.25 bits per heavy atom. The van der Waals surface area contributed by atoms with E-state index < -0.39 is 24.5 Å². The van der Waals surface area contributed by atoms with Crippen LogP contribution in [0.3, 0.4) is 0 Å². The summed E-state index contributed by atoms with van der Waals surface area (Å²) in [6, 6.07) is 5.71. The fourth-order valence-corrected chi connectivity index (χ4v) is 2.87. The maximum atomic E-state index is 12.2. The molecule has 0 saturated carbocycles. The fourth-order valence-electron chi connectivity index (χ4n) is 1.97. The highest BCUT2D eigenvalue weighted by atomic mass is 32.2. The van der Waals surface area contributed by atoms with Gasteiger partial charge in [0.05, 0.1) is 22.9 Å². The molecule has 3 amide bonds. The van der Waals surface area contributed by atoms with Crippen LogP contribution in [0, 0.1) is 0 Å². The van der Waals surface area contributed by atoms with Crippen LogP contribution in [0.4, 0.5) is 18.9 Å². The van der Waals surface area contributed by atoms with E-state index in [-0.39, 0.29) is 23.7 Å². The third kappa shape index (κ3) is 5.15. The van der Waals surface area contributed by atoms with Crippen LogP contribution in [-0.4, -0.2) is 53.5 Å². The SMILES string of the molecule is O=C(CN1CSCC1=O)Nc1ccccc1C(=O)NCC(F)(F)F. The molecule has 0 bridgehead atoms. The zero-order valence-electron chi connectivity index (χ0n) is 12.4. The van der Waals surface area contributed by atoms with Gasteiger partial charge in [-0.1, -0.05) is 12.1 Å². The van der Waals surface area contributed by atoms with Gasteiger partial charge >= 0.3 is 6.18 Å². The quantitative estimate of drug-likeness (QED) is 0.832. The largest absolute Gasteiger partial charge is 0.405 e. The highest BCUT2D eigenvalue weighted by Crippen LogP contribution is 2.18. The van der Waals surface area contributed by atoms with E-state index in [2.05, 4.69) is 5.32 Å². The van der Waals surface area contributed by atoms with Crippen molar-refractivity contribution in [3.8, 4) is 0 Å². The number of nitrogens with one attached hydrogen (secondary N) is 2. The van der Waals surface area contributed by atoms with Crippen molar-refractivity contribution in [1.29, 1.82) is 0 Å². The molecule has 6 nitrogen and oxygen atoms in total. The van der Waals surface area contributed by atoms with E-state index in [4.69, 9.17) is 0 Å². The lowest BCUT2D eigenvalue weighted by molar-refractivity contribution is -0.130. The van der Waals surface area contributed by atoms with E-state index in [0.29, 0.717) is 11.6 Å². The summed E-state index contributed by atoms with van der Waals surface area (Å²) in [5, 5.41) is 4.20. The number of hydrogen-bond donors (Lipinski definition) is 2. The van der Waals surface area contributed by atoms with E-state index in [1.807, 2.05) is 0 Å². The number of nitrogens with zero attached hydrogens (tertiary/aromatic N) is 1.